The Balaban J connectivity index is 1.98. The van der Waals surface area contributed by atoms with Crippen molar-refractivity contribution >= 4 is 12.0 Å². The first-order valence-electron chi connectivity index (χ1n) is 8.59. The van der Waals surface area contributed by atoms with Gasteiger partial charge in [-0.05, 0) is 48.4 Å². The number of ether oxygens (including phenoxy) is 4. The molecule has 144 valence electrons. The molecular formula is C21H25NO5. The van der Waals surface area contributed by atoms with Gasteiger partial charge >= 0.3 is 0 Å². The third kappa shape index (κ3) is 5.67. The highest BCUT2D eigenvalue weighted by Gasteiger charge is 2.13. The molecule has 1 N–H and O–H groups in total. The Morgan fingerprint density at radius 3 is 2.15 bits per heavy atom. The normalized spacial score (nSPS) is 10.5. The molecule has 0 atom stereocenters. The second kappa shape index (κ2) is 10.1. The first-order chi connectivity index (χ1) is 13.1. The molecule has 6 heteroatoms. The predicted octanol–water partition coefficient (Wildman–Crippen LogP) is 3.44. The summed E-state index contributed by atoms with van der Waals surface area (Å²) in [6.45, 7) is 2.90. The van der Waals surface area contributed by atoms with Crippen molar-refractivity contribution in [3.63, 3.8) is 0 Å². The van der Waals surface area contributed by atoms with Crippen LogP contribution in [0.5, 0.6) is 23.0 Å². The van der Waals surface area contributed by atoms with E-state index in [4.69, 9.17) is 18.9 Å². The number of methoxy groups -OCH3 is 3. The quantitative estimate of drug-likeness (QED) is 0.684. The van der Waals surface area contributed by atoms with Gasteiger partial charge in [-0.3, -0.25) is 4.79 Å². The third-order valence-corrected chi connectivity index (χ3v) is 3.81. The van der Waals surface area contributed by atoms with Gasteiger partial charge in [-0.2, -0.15) is 0 Å². The Hall–Kier alpha value is -3.15. The second-order valence-electron chi connectivity index (χ2n) is 5.59. The minimum atomic E-state index is -0.197. The van der Waals surface area contributed by atoms with Crippen molar-refractivity contribution in [3.05, 3.63) is 53.6 Å². The van der Waals surface area contributed by atoms with Crippen LogP contribution in [0.2, 0.25) is 0 Å². The summed E-state index contributed by atoms with van der Waals surface area (Å²) in [5.74, 6) is 2.22. The van der Waals surface area contributed by atoms with Crippen molar-refractivity contribution in [2.75, 3.05) is 27.9 Å². The number of rotatable bonds is 9. The fourth-order valence-electron chi connectivity index (χ4n) is 2.50. The van der Waals surface area contributed by atoms with Crippen LogP contribution in [0.4, 0.5) is 0 Å². The SMILES string of the molecule is CCOc1ccc(/C=C/C(=O)NCc2cc(OC)c(OC)c(OC)c2)cc1. The summed E-state index contributed by atoms with van der Waals surface area (Å²) in [6, 6.07) is 11.1. The van der Waals surface area contributed by atoms with Crippen LogP contribution in [0.1, 0.15) is 18.1 Å². The van der Waals surface area contributed by atoms with Crippen LogP contribution in [0.15, 0.2) is 42.5 Å². The molecule has 0 unspecified atom stereocenters. The van der Waals surface area contributed by atoms with Gasteiger partial charge in [0.2, 0.25) is 11.7 Å². The van der Waals surface area contributed by atoms with Crippen LogP contribution in [0, 0.1) is 0 Å². The molecule has 0 aliphatic carbocycles. The Morgan fingerprint density at radius 2 is 1.63 bits per heavy atom. The minimum Gasteiger partial charge on any atom is -0.494 e. The van der Waals surface area contributed by atoms with Gasteiger partial charge in [0, 0.05) is 12.6 Å². The first-order valence-corrected chi connectivity index (χ1v) is 8.59. The van der Waals surface area contributed by atoms with E-state index >= 15 is 0 Å². The maximum absolute atomic E-state index is 12.1. The summed E-state index contributed by atoms with van der Waals surface area (Å²) in [5.41, 5.74) is 1.76. The summed E-state index contributed by atoms with van der Waals surface area (Å²) >= 11 is 0. The molecule has 0 aliphatic rings. The van der Waals surface area contributed by atoms with Crippen LogP contribution in [0.25, 0.3) is 6.08 Å². The molecule has 2 rings (SSSR count). The number of carbonyl (C=O) groups is 1. The highest BCUT2D eigenvalue weighted by molar-refractivity contribution is 5.91. The molecule has 0 spiro atoms. The molecule has 0 bridgehead atoms. The smallest absolute Gasteiger partial charge is 0.244 e. The van der Waals surface area contributed by atoms with Gasteiger partial charge in [-0.1, -0.05) is 12.1 Å². The monoisotopic (exact) mass is 371 g/mol. The summed E-state index contributed by atoms with van der Waals surface area (Å²) in [5, 5.41) is 2.84. The fourth-order valence-corrected chi connectivity index (χ4v) is 2.50. The Kier molecular flexibility index (Phi) is 7.55. The van der Waals surface area contributed by atoms with Crippen LogP contribution in [-0.2, 0) is 11.3 Å². The largest absolute Gasteiger partial charge is 0.494 e. The zero-order chi connectivity index (χ0) is 19.6. The van der Waals surface area contributed by atoms with Gasteiger partial charge in [0.15, 0.2) is 11.5 Å². The molecule has 0 radical (unpaired) electrons. The van der Waals surface area contributed by atoms with Gasteiger partial charge in [0.05, 0.1) is 27.9 Å². The highest BCUT2D eigenvalue weighted by atomic mass is 16.5. The van der Waals surface area contributed by atoms with Crippen molar-refractivity contribution in [2.24, 2.45) is 0 Å². The summed E-state index contributed by atoms with van der Waals surface area (Å²) in [4.78, 5) is 12.1. The topological polar surface area (TPSA) is 66.0 Å². The van der Waals surface area contributed by atoms with Crippen LogP contribution >= 0.6 is 0 Å². The number of hydrogen-bond donors (Lipinski definition) is 1. The number of amides is 1. The van der Waals surface area contributed by atoms with Gasteiger partial charge in [-0.25, -0.2) is 0 Å². The van der Waals surface area contributed by atoms with Crippen molar-refractivity contribution in [2.45, 2.75) is 13.5 Å². The zero-order valence-corrected chi connectivity index (χ0v) is 16.1. The Morgan fingerprint density at radius 1 is 1.00 bits per heavy atom. The molecule has 2 aromatic rings. The highest BCUT2D eigenvalue weighted by Crippen LogP contribution is 2.38. The number of benzene rings is 2. The summed E-state index contributed by atoms with van der Waals surface area (Å²) < 4.78 is 21.3. The van der Waals surface area contributed by atoms with Crippen LogP contribution in [0.3, 0.4) is 0 Å². The molecule has 0 heterocycles. The number of carbonyl (C=O) groups excluding carboxylic acids is 1. The molecule has 0 aliphatic heterocycles. The lowest BCUT2D eigenvalue weighted by molar-refractivity contribution is -0.116. The van der Waals surface area contributed by atoms with E-state index in [2.05, 4.69) is 5.32 Å². The van der Waals surface area contributed by atoms with Crippen molar-refractivity contribution < 1.29 is 23.7 Å². The molecule has 1 amide bonds. The maximum Gasteiger partial charge on any atom is 0.244 e. The third-order valence-electron chi connectivity index (χ3n) is 3.81. The van der Waals surface area contributed by atoms with Crippen molar-refractivity contribution in [1.82, 2.24) is 5.32 Å². The average molecular weight is 371 g/mol. The molecule has 0 saturated heterocycles. The lowest BCUT2D eigenvalue weighted by Crippen LogP contribution is -2.20. The Labute approximate surface area is 159 Å². The molecule has 0 aromatic heterocycles. The standard InChI is InChI=1S/C21H25NO5/c1-5-27-17-9-6-15(7-10-17)8-11-20(23)22-14-16-12-18(24-2)21(26-4)19(13-16)25-3/h6-13H,5,14H2,1-4H3,(H,22,23)/b11-8+. The number of nitrogens with one attached hydrogen (secondary N) is 1. The zero-order valence-electron chi connectivity index (χ0n) is 16.1. The van der Waals surface area contributed by atoms with E-state index in [9.17, 15) is 4.79 Å². The van der Waals surface area contributed by atoms with E-state index in [-0.39, 0.29) is 5.91 Å². The van der Waals surface area contributed by atoms with Crippen LogP contribution < -0.4 is 24.3 Å². The minimum absolute atomic E-state index is 0.197. The molecule has 6 nitrogen and oxygen atoms in total. The van der Waals surface area contributed by atoms with E-state index in [1.807, 2.05) is 31.2 Å². The van der Waals surface area contributed by atoms with E-state index < -0.39 is 0 Å². The lowest BCUT2D eigenvalue weighted by Gasteiger charge is -2.14. The summed E-state index contributed by atoms with van der Waals surface area (Å²) in [7, 11) is 4.66. The van der Waals surface area contributed by atoms with Gasteiger partial charge < -0.3 is 24.3 Å². The van der Waals surface area contributed by atoms with Gasteiger partial charge in [-0.15, -0.1) is 0 Å². The first kappa shape index (κ1) is 20.2. The molecule has 27 heavy (non-hydrogen) atoms. The van der Waals surface area contributed by atoms with E-state index in [1.54, 1.807) is 39.5 Å². The molecule has 2 aromatic carbocycles. The Bertz CT molecular complexity index is 759. The number of hydrogen-bond acceptors (Lipinski definition) is 5. The average Bonchev–Trinajstić information content (AvgIpc) is 2.71. The summed E-state index contributed by atoms with van der Waals surface area (Å²) in [6.07, 6.45) is 3.24. The van der Waals surface area contributed by atoms with Gasteiger partial charge in [0.25, 0.3) is 0 Å². The predicted molar refractivity (Wildman–Crippen MR) is 105 cm³/mol. The van der Waals surface area contributed by atoms with E-state index in [0.717, 1.165) is 16.9 Å². The van der Waals surface area contributed by atoms with E-state index in [0.29, 0.717) is 30.4 Å². The second-order valence-corrected chi connectivity index (χ2v) is 5.59. The fraction of sp³-hybridized carbons (Fsp3) is 0.286. The van der Waals surface area contributed by atoms with Crippen LogP contribution in [-0.4, -0.2) is 33.8 Å². The van der Waals surface area contributed by atoms with Crippen molar-refractivity contribution in [1.29, 1.82) is 0 Å². The molecule has 0 fully saturated rings. The van der Waals surface area contributed by atoms with Crippen molar-refractivity contribution in [3.8, 4) is 23.0 Å². The molecular weight excluding hydrogens is 346 g/mol. The van der Waals surface area contributed by atoms with E-state index in [1.165, 1.54) is 6.08 Å². The maximum atomic E-state index is 12.1. The van der Waals surface area contributed by atoms with Gasteiger partial charge in [0.1, 0.15) is 5.75 Å². The lowest BCUT2D eigenvalue weighted by atomic mass is 10.1. The molecule has 0 saturated carbocycles.